The molecule has 0 aliphatic heterocycles. The number of H-pyrrole nitrogens is 1. The van der Waals surface area contributed by atoms with Gasteiger partial charge in [-0.3, -0.25) is 14.7 Å². The molecule has 0 radical (unpaired) electrons. The summed E-state index contributed by atoms with van der Waals surface area (Å²) in [5.41, 5.74) is 2.71. The van der Waals surface area contributed by atoms with Crippen molar-refractivity contribution in [2.45, 2.75) is 19.9 Å². The normalized spacial score (nSPS) is 11.7. The number of aryl methyl sites for hydroxylation is 1. The Bertz CT molecular complexity index is 1120. The lowest BCUT2D eigenvalue weighted by Gasteiger charge is -2.12. The Labute approximate surface area is 167 Å². The summed E-state index contributed by atoms with van der Waals surface area (Å²) in [5, 5.41) is 14.7. The van der Waals surface area contributed by atoms with Crippen molar-refractivity contribution in [1.82, 2.24) is 20.1 Å². The Morgan fingerprint density at radius 3 is 2.76 bits per heavy atom. The van der Waals surface area contributed by atoms with Crippen LogP contribution in [-0.4, -0.2) is 40.4 Å². The molecule has 0 aliphatic carbocycles. The van der Waals surface area contributed by atoms with Crippen molar-refractivity contribution in [3.8, 4) is 23.0 Å². The standard InChI is InChI=1S/C21H21N5O3/c1-13-8-15(9-22)4-6-17(13)18-11-24-26(21(18)28)19-7-5-16(10-23-19)20(27)25-14(2)12-29-3/h4-8,10-11,14,24H,12H2,1-3H3,(H,25,27). The third kappa shape index (κ3) is 4.25. The lowest BCUT2D eigenvalue weighted by Crippen LogP contribution is -2.35. The molecule has 0 saturated heterocycles. The number of nitrogens with zero attached hydrogens (tertiary/aromatic N) is 3. The van der Waals surface area contributed by atoms with Gasteiger partial charge in [0.05, 0.1) is 29.4 Å². The SMILES string of the molecule is COCC(C)NC(=O)c1ccc(-n2[nH]cc(-c3ccc(C#N)cc3C)c2=O)nc1. The van der Waals surface area contributed by atoms with Gasteiger partial charge < -0.3 is 10.1 Å². The number of benzene rings is 1. The van der Waals surface area contributed by atoms with Crippen LogP contribution in [0, 0.1) is 18.3 Å². The lowest BCUT2D eigenvalue weighted by molar-refractivity contribution is 0.0905. The van der Waals surface area contributed by atoms with E-state index in [4.69, 9.17) is 10.00 Å². The van der Waals surface area contributed by atoms with Crippen LogP contribution in [-0.2, 0) is 4.74 Å². The van der Waals surface area contributed by atoms with Gasteiger partial charge in [-0.05, 0) is 49.2 Å². The molecule has 29 heavy (non-hydrogen) atoms. The Balaban J connectivity index is 1.85. The van der Waals surface area contributed by atoms with E-state index in [0.717, 1.165) is 11.1 Å². The maximum Gasteiger partial charge on any atom is 0.280 e. The largest absolute Gasteiger partial charge is 0.383 e. The first-order chi connectivity index (χ1) is 13.9. The van der Waals surface area contributed by atoms with Gasteiger partial charge >= 0.3 is 0 Å². The Hall–Kier alpha value is -3.70. The van der Waals surface area contributed by atoms with E-state index in [1.807, 2.05) is 13.8 Å². The summed E-state index contributed by atoms with van der Waals surface area (Å²) in [6.45, 7) is 4.10. The predicted molar refractivity (Wildman–Crippen MR) is 108 cm³/mol. The summed E-state index contributed by atoms with van der Waals surface area (Å²) in [6, 6.07) is 10.3. The number of carbonyl (C=O) groups is 1. The summed E-state index contributed by atoms with van der Waals surface area (Å²) in [5.74, 6) is 0.107. The summed E-state index contributed by atoms with van der Waals surface area (Å²) in [6.07, 6.45) is 3.02. The van der Waals surface area contributed by atoms with Crippen LogP contribution in [0.5, 0.6) is 0 Å². The summed E-state index contributed by atoms with van der Waals surface area (Å²) in [4.78, 5) is 29.3. The highest BCUT2D eigenvalue weighted by Crippen LogP contribution is 2.21. The van der Waals surface area contributed by atoms with Crippen LogP contribution in [0.3, 0.4) is 0 Å². The van der Waals surface area contributed by atoms with Gasteiger partial charge in [-0.2, -0.15) is 5.26 Å². The van der Waals surface area contributed by atoms with Crippen molar-refractivity contribution < 1.29 is 9.53 Å². The molecule has 1 atom stereocenters. The highest BCUT2D eigenvalue weighted by molar-refractivity contribution is 5.94. The summed E-state index contributed by atoms with van der Waals surface area (Å²) < 4.78 is 6.31. The van der Waals surface area contributed by atoms with E-state index in [9.17, 15) is 9.59 Å². The van der Waals surface area contributed by atoms with Crippen molar-refractivity contribution in [1.29, 1.82) is 5.26 Å². The van der Waals surface area contributed by atoms with E-state index in [-0.39, 0.29) is 17.5 Å². The number of hydrogen-bond acceptors (Lipinski definition) is 5. The van der Waals surface area contributed by atoms with Crippen LogP contribution >= 0.6 is 0 Å². The first-order valence-corrected chi connectivity index (χ1v) is 9.02. The van der Waals surface area contributed by atoms with E-state index in [1.54, 1.807) is 43.6 Å². The van der Waals surface area contributed by atoms with Gasteiger partial charge in [0, 0.05) is 25.5 Å². The molecule has 2 N–H and O–H groups in total. The van der Waals surface area contributed by atoms with E-state index in [0.29, 0.717) is 29.1 Å². The first kappa shape index (κ1) is 20.0. The first-order valence-electron chi connectivity index (χ1n) is 9.02. The zero-order valence-electron chi connectivity index (χ0n) is 16.4. The number of aromatic nitrogens is 3. The molecular formula is C21H21N5O3. The summed E-state index contributed by atoms with van der Waals surface area (Å²) in [7, 11) is 1.57. The number of pyridine rings is 1. The third-order valence-corrected chi connectivity index (χ3v) is 4.45. The van der Waals surface area contributed by atoms with Crippen LogP contribution in [0.25, 0.3) is 16.9 Å². The molecule has 3 aromatic rings. The average Bonchev–Trinajstić information content (AvgIpc) is 3.09. The number of nitriles is 1. The third-order valence-electron chi connectivity index (χ3n) is 4.45. The molecule has 2 heterocycles. The maximum absolute atomic E-state index is 12.8. The van der Waals surface area contributed by atoms with E-state index in [2.05, 4.69) is 21.5 Å². The van der Waals surface area contributed by atoms with Gasteiger partial charge in [0.2, 0.25) is 0 Å². The molecule has 0 fully saturated rings. The minimum atomic E-state index is -0.267. The van der Waals surface area contributed by atoms with E-state index < -0.39 is 0 Å². The monoisotopic (exact) mass is 391 g/mol. The maximum atomic E-state index is 12.8. The molecule has 1 amide bonds. The van der Waals surface area contributed by atoms with Crippen molar-refractivity contribution in [2.24, 2.45) is 0 Å². The molecule has 0 spiro atoms. The highest BCUT2D eigenvalue weighted by atomic mass is 16.5. The van der Waals surface area contributed by atoms with Crippen LogP contribution in [0.15, 0.2) is 47.5 Å². The molecule has 0 aliphatic rings. The van der Waals surface area contributed by atoms with E-state index in [1.165, 1.54) is 10.9 Å². The fourth-order valence-corrected chi connectivity index (χ4v) is 3.02. The predicted octanol–water partition coefficient (Wildman–Crippen LogP) is 2.17. The van der Waals surface area contributed by atoms with Crippen molar-refractivity contribution in [2.75, 3.05) is 13.7 Å². The van der Waals surface area contributed by atoms with Crippen LogP contribution in [0.2, 0.25) is 0 Å². The fraction of sp³-hybridized carbons (Fsp3) is 0.238. The number of methoxy groups -OCH3 is 1. The Morgan fingerprint density at radius 2 is 2.14 bits per heavy atom. The Morgan fingerprint density at radius 1 is 1.34 bits per heavy atom. The quantitative estimate of drug-likeness (QED) is 0.669. The molecule has 148 valence electrons. The average molecular weight is 391 g/mol. The second-order valence-electron chi connectivity index (χ2n) is 6.70. The van der Waals surface area contributed by atoms with Gasteiger partial charge in [-0.15, -0.1) is 0 Å². The lowest BCUT2D eigenvalue weighted by atomic mass is 10.0. The fourth-order valence-electron chi connectivity index (χ4n) is 3.02. The molecule has 0 bridgehead atoms. The molecule has 1 aromatic carbocycles. The minimum Gasteiger partial charge on any atom is -0.383 e. The second kappa shape index (κ2) is 8.54. The highest BCUT2D eigenvalue weighted by Gasteiger charge is 2.14. The molecular weight excluding hydrogens is 370 g/mol. The van der Waals surface area contributed by atoms with Gasteiger partial charge in [-0.1, -0.05) is 6.07 Å². The number of rotatable bonds is 6. The van der Waals surface area contributed by atoms with Crippen LogP contribution in [0.4, 0.5) is 0 Å². The Kier molecular flexibility index (Phi) is 5.90. The van der Waals surface area contributed by atoms with Crippen LogP contribution < -0.4 is 10.9 Å². The molecule has 3 rings (SSSR count). The molecule has 1 unspecified atom stereocenters. The van der Waals surface area contributed by atoms with Gasteiger partial charge in [-0.25, -0.2) is 9.67 Å². The molecule has 2 aromatic heterocycles. The molecule has 8 heteroatoms. The number of hydrogen-bond donors (Lipinski definition) is 2. The zero-order chi connectivity index (χ0) is 21.0. The van der Waals surface area contributed by atoms with Crippen molar-refractivity contribution in [3.05, 3.63) is 69.8 Å². The molecule has 0 saturated carbocycles. The number of carbonyl (C=O) groups excluding carboxylic acids is 1. The smallest absolute Gasteiger partial charge is 0.280 e. The van der Waals surface area contributed by atoms with E-state index >= 15 is 0 Å². The minimum absolute atomic E-state index is 0.128. The van der Waals surface area contributed by atoms with Crippen molar-refractivity contribution in [3.63, 3.8) is 0 Å². The van der Waals surface area contributed by atoms with Gasteiger partial charge in [0.25, 0.3) is 11.5 Å². The number of nitrogens with one attached hydrogen (secondary N) is 2. The molecule has 8 nitrogen and oxygen atoms in total. The zero-order valence-corrected chi connectivity index (χ0v) is 16.4. The number of amides is 1. The second-order valence-corrected chi connectivity index (χ2v) is 6.70. The summed E-state index contributed by atoms with van der Waals surface area (Å²) >= 11 is 0. The van der Waals surface area contributed by atoms with Crippen molar-refractivity contribution >= 4 is 5.91 Å². The van der Waals surface area contributed by atoms with Gasteiger partial charge in [0.1, 0.15) is 0 Å². The number of aromatic amines is 1. The van der Waals surface area contributed by atoms with Crippen LogP contribution in [0.1, 0.15) is 28.4 Å². The topological polar surface area (TPSA) is 113 Å². The number of ether oxygens (including phenoxy) is 1. The van der Waals surface area contributed by atoms with Gasteiger partial charge in [0.15, 0.2) is 5.82 Å².